The summed E-state index contributed by atoms with van der Waals surface area (Å²) >= 11 is 1.15. The van der Waals surface area contributed by atoms with Crippen LogP contribution in [0.3, 0.4) is 0 Å². The largest absolute Gasteiger partial charge is 0.497 e. The van der Waals surface area contributed by atoms with Crippen LogP contribution in [0.1, 0.15) is 12.0 Å². The highest BCUT2D eigenvalue weighted by molar-refractivity contribution is 8.15. The van der Waals surface area contributed by atoms with Crippen LogP contribution < -0.4 is 10.1 Å². The molecule has 34 heavy (non-hydrogen) atoms. The Bertz CT molecular complexity index is 1220. The number of rotatable bonds is 6. The lowest BCUT2D eigenvalue weighted by atomic mass is 10.2. The number of nitrogens with one attached hydrogen (secondary N) is 1. The lowest BCUT2D eigenvalue weighted by Gasteiger charge is -2.32. The second-order valence-electron chi connectivity index (χ2n) is 7.51. The van der Waals surface area contributed by atoms with Gasteiger partial charge in [-0.2, -0.15) is 0 Å². The number of thioether (sulfide) groups is 1. The van der Waals surface area contributed by atoms with Gasteiger partial charge in [-0.1, -0.05) is 30.0 Å². The van der Waals surface area contributed by atoms with Gasteiger partial charge in [-0.3, -0.25) is 14.5 Å². The number of nitrogens with zero attached hydrogens (tertiary/aromatic N) is 2. The zero-order valence-electron chi connectivity index (χ0n) is 18.2. The molecule has 3 aromatic carbocycles. The first-order valence-electron chi connectivity index (χ1n) is 10.4. The Labute approximate surface area is 199 Å². The van der Waals surface area contributed by atoms with Crippen molar-refractivity contribution in [3.63, 3.8) is 0 Å². The summed E-state index contributed by atoms with van der Waals surface area (Å²) in [6.07, 6.45) is -0.0376. The van der Waals surface area contributed by atoms with Gasteiger partial charge in [0.2, 0.25) is 11.8 Å². The van der Waals surface area contributed by atoms with Crippen molar-refractivity contribution in [2.75, 3.05) is 12.4 Å². The van der Waals surface area contributed by atoms with Gasteiger partial charge in [0.05, 0.1) is 19.3 Å². The SMILES string of the molecule is COc1cccc(NC(=O)C2CC(=O)N(Cc3ccc(F)cc3)C(=Nc3ccc(F)cc3)S2)c1. The van der Waals surface area contributed by atoms with Crippen LogP contribution in [0.2, 0.25) is 0 Å². The number of amides is 2. The summed E-state index contributed by atoms with van der Waals surface area (Å²) in [5, 5.41) is 2.40. The number of amidine groups is 1. The molecule has 1 aliphatic rings. The van der Waals surface area contributed by atoms with E-state index in [1.165, 1.54) is 48.4 Å². The monoisotopic (exact) mass is 481 g/mol. The van der Waals surface area contributed by atoms with Crippen molar-refractivity contribution in [2.24, 2.45) is 4.99 Å². The van der Waals surface area contributed by atoms with Gasteiger partial charge in [-0.05, 0) is 54.1 Å². The Morgan fingerprint density at radius 3 is 2.44 bits per heavy atom. The van der Waals surface area contributed by atoms with Crippen LogP contribution in [-0.2, 0) is 16.1 Å². The number of aliphatic imine (C=N–C) groups is 1. The van der Waals surface area contributed by atoms with Gasteiger partial charge < -0.3 is 10.1 Å². The van der Waals surface area contributed by atoms with Crippen molar-refractivity contribution in [3.05, 3.63) is 90.0 Å². The van der Waals surface area contributed by atoms with Gasteiger partial charge in [-0.15, -0.1) is 0 Å². The average molecular weight is 482 g/mol. The molecule has 2 amide bonds. The Balaban J connectivity index is 1.59. The molecule has 1 aliphatic heterocycles. The van der Waals surface area contributed by atoms with Gasteiger partial charge >= 0.3 is 0 Å². The maximum atomic E-state index is 13.3. The molecule has 6 nitrogen and oxygen atoms in total. The van der Waals surface area contributed by atoms with E-state index in [2.05, 4.69) is 10.3 Å². The standard InChI is InChI=1S/C25H21F2N3O3S/c1-33-21-4-2-3-20(13-21)28-24(32)22-14-23(31)30(15-16-5-7-17(26)8-6-16)25(34-22)29-19-11-9-18(27)10-12-19/h2-13,22H,14-15H2,1H3,(H,28,32). The Morgan fingerprint density at radius 1 is 1.09 bits per heavy atom. The first-order chi connectivity index (χ1) is 16.4. The first-order valence-corrected chi connectivity index (χ1v) is 11.3. The molecule has 9 heteroatoms. The number of ether oxygens (including phenoxy) is 1. The van der Waals surface area contributed by atoms with E-state index in [4.69, 9.17) is 4.74 Å². The number of hydrogen-bond acceptors (Lipinski definition) is 5. The van der Waals surface area contributed by atoms with Crippen LogP contribution in [0.5, 0.6) is 5.75 Å². The molecular formula is C25H21F2N3O3S. The van der Waals surface area contributed by atoms with Gasteiger partial charge in [0.25, 0.3) is 0 Å². The van der Waals surface area contributed by atoms with Crippen molar-refractivity contribution in [2.45, 2.75) is 18.2 Å². The van der Waals surface area contributed by atoms with E-state index in [1.807, 2.05) is 0 Å². The van der Waals surface area contributed by atoms with Crippen LogP contribution in [0, 0.1) is 11.6 Å². The zero-order chi connectivity index (χ0) is 24.1. The zero-order valence-corrected chi connectivity index (χ0v) is 19.0. The minimum atomic E-state index is -0.720. The first kappa shape index (κ1) is 23.4. The highest BCUT2D eigenvalue weighted by atomic mass is 32.2. The number of carbonyl (C=O) groups excluding carboxylic acids is 2. The Kier molecular flexibility index (Phi) is 7.22. The summed E-state index contributed by atoms with van der Waals surface area (Å²) in [5.41, 5.74) is 1.69. The predicted molar refractivity (Wildman–Crippen MR) is 128 cm³/mol. The smallest absolute Gasteiger partial charge is 0.238 e. The molecule has 1 saturated heterocycles. The highest BCUT2D eigenvalue weighted by Crippen LogP contribution is 2.31. The van der Waals surface area contributed by atoms with Crippen molar-refractivity contribution in [3.8, 4) is 5.75 Å². The molecule has 0 radical (unpaired) electrons. The number of carbonyl (C=O) groups is 2. The summed E-state index contributed by atoms with van der Waals surface area (Å²) in [5.74, 6) is -0.837. The summed E-state index contributed by atoms with van der Waals surface area (Å²) in [4.78, 5) is 32.0. The van der Waals surface area contributed by atoms with E-state index in [1.54, 1.807) is 36.4 Å². The second-order valence-corrected chi connectivity index (χ2v) is 8.68. The fourth-order valence-corrected chi connectivity index (χ4v) is 4.42. The van der Waals surface area contributed by atoms with Crippen LogP contribution in [0.25, 0.3) is 0 Å². The maximum absolute atomic E-state index is 13.3. The molecule has 0 saturated carbocycles. The van der Waals surface area contributed by atoms with Gasteiger partial charge in [0, 0.05) is 18.2 Å². The third kappa shape index (κ3) is 5.79. The quantitative estimate of drug-likeness (QED) is 0.530. The highest BCUT2D eigenvalue weighted by Gasteiger charge is 2.36. The van der Waals surface area contributed by atoms with E-state index in [0.717, 1.165) is 11.8 Å². The molecule has 0 aromatic heterocycles. The van der Waals surface area contributed by atoms with E-state index in [-0.39, 0.29) is 30.6 Å². The fourth-order valence-electron chi connectivity index (χ4n) is 3.32. The third-order valence-electron chi connectivity index (χ3n) is 5.07. The maximum Gasteiger partial charge on any atom is 0.238 e. The lowest BCUT2D eigenvalue weighted by Crippen LogP contribution is -2.44. The number of methoxy groups -OCH3 is 1. The van der Waals surface area contributed by atoms with E-state index >= 15 is 0 Å². The number of benzene rings is 3. The number of anilines is 1. The third-order valence-corrected chi connectivity index (χ3v) is 6.26. The molecule has 0 aliphatic carbocycles. The fraction of sp³-hybridized carbons (Fsp3) is 0.160. The number of halogens is 2. The molecule has 1 atom stereocenters. The van der Waals surface area contributed by atoms with Gasteiger partial charge in [-0.25, -0.2) is 13.8 Å². The second kappa shape index (κ2) is 10.5. The molecule has 4 rings (SSSR count). The van der Waals surface area contributed by atoms with Gasteiger partial charge in [0.1, 0.15) is 22.6 Å². The normalized spacial score (nSPS) is 17.0. The molecule has 1 N–H and O–H groups in total. The molecular weight excluding hydrogens is 460 g/mol. The molecule has 1 unspecified atom stereocenters. The summed E-state index contributed by atoms with van der Waals surface area (Å²) < 4.78 is 31.8. The Hall–Kier alpha value is -3.72. The molecule has 0 spiro atoms. The molecule has 174 valence electrons. The minimum Gasteiger partial charge on any atom is -0.497 e. The van der Waals surface area contributed by atoms with E-state index in [9.17, 15) is 18.4 Å². The van der Waals surface area contributed by atoms with Crippen LogP contribution >= 0.6 is 11.8 Å². The topological polar surface area (TPSA) is 71.0 Å². The van der Waals surface area contributed by atoms with E-state index in [0.29, 0.717) is 27.9 Å². The molecule has 3 aromatic rings. The summed E-state index contributed by atoms with van der Waals surface area (Å²) in [7, 11) is 1.53. The van der Waals surface area contributed by atoms with Crippen molar-refractivity contribution in [1.29, 1.82) is 0 Å². The van der Waals surface area contributed by atoms with Crippen molar-refractivity contribution >= 4 is 40.1 Å². The summed E-state index contributed by atoms with van der Waals surface area (Å²) in [6, 6.07) is 18.2. The number of hydrogen-bond donors (Lipinski definition) is 1. The van der Waals surface area contributed by atoms with E-state index < -0.39 is 11.1 Å². The Morgan fingerprint density at radius 2 is 1.76 bits per heavy atom. The minimum absolute atomic E-state index is 0.0376. The average Bonchev–Trinajstić information content (AvgIpc) is 2.83. The summed E-state index contributed by atoms with van der Waals surface area (Å²) in [6.45, 7) is 0.163. The lowest BCUT2D eigenvalue weighted by molar-refractivity contribution is -0.129. The van der Waals surface area contributed by atoms with Crippen LogP contribution in [0.15, 0.2) is 77.8 Å². The van der Waals surface area contributed by atoms with Crippen molar-refractivity contribution in [1.82, 2.24) is 4.90 Å². The van der Waals surface area contributed by atoms with Gasteiger partial charge in [0.15, 0.2) is 5.17 Å². The molecule has 0 bridgehead atoms. The molecule has 1 fully saturated rings. The van der Waals surface area contributed by atoms with Crippen LogP contribution in [0.4, 0.5) is 20.2 Å². The molecule has 1 heterocycles. The van der Waals surface area contributed by atoms with Crippen molar-refractivity contribution < 1.29 is 23.1 Å². The van der Waals surface area contributed by atoms with Crippen LogP contribution in [-0.4, -0.2) is 34.2 Å². The predicted octanol–water partition coefficient (Wildman–Crippen LogP) is 5.13.